The average Bonchev–Trinajstić information content (AvgIpc) is 2.11. The summed E-state index contributed by atoms with van der Waals surface area (Å²) in [4.78, 5) is 33.5. The van der Waals surface area contributed by atoms with Gasteiger partial charge in [-0.3, -0.25) is 14.4 Å². The first-order valence-electron chi connectivity index (χ1n) is 5.22. The lowest BCUT2D eigenvalue weighted by Crippen LogP contribution is -2.62. The molecule has 6 nitrogen and oxygen atoms in total. The van der Waals surface area contributed by atoms with Gasteiger partial charge in [0.05, 0.1) is 6.42 Å². The number of hydrogen-bond donors (Lipinski definition) is 3. The van der Waals surface area contributed by atoms with Gasteiger partial charge in [0, 0.05) is 0 Å². The summed E-state index contributed by atoms with van der Waals surface area (Å²) in [5, 5.41) is 13.5. The molecule has 0 unspecified atom stereocenters. The van der Waals surface area contributed by atoms with Crippen LogP contribution in [-0.2, 0) is 14.4 Å². The quantitative estimate of drug-likeness (QED) is 0.604. The zero-order valence-electron chi connectivity index (χ0n) is 9.32. The molecule has 1 fully saturated rings. The smallest absolute Gasteiger partial charge is 0.305 e. The monoisotopic (exact) mass is 228 g/mol. The molecule has 1 aliphatic heterocycles. The first-order chi connectivity index (χ1) is 7.40. The SMILES string of the molecule is CC(C)C[C@@H]1NC(=O)[C@H](CC(=O)O)NC1=O. The van der Waals surface area contributed by atoms with E-state index in [0.717, 1.165) is 0 Å². The van der Waals surface area contributed by atoms with Crippen LogP contribution in [0, 0.1) is 5.92 Å². The molecular weight excluding hydrogens is 212 g/mol. The fraction of sp³-hybridized carbons (Fsp3) is 0.700. The van der Waals surface area contributed by atoms with Gasteiger partial charge in [-0.2, -0.15) is 0 Å². The molecule has 90 valence electrons. The second-order valence-electron chi connectivity index (χ2n) is 4.35. The molecular formula is C10H16N2O4. The second kappa shape index (κ2) is 4.96. The number of aliphatic carboxylic acids is 1. The molecule has 16 heavy (non-hydrogen) atoms. The third-order valence-electron chi connectivity index (χ3n) is 2.35. The minimum atomic E-state index is -1.11. The van der Waals surface area contributed by atoms with Gasteiger partial charge in [0.1, 0.15) is 12.1 Å². The minimum Gasteiger partial charge on any atom is -0.481 e. The Kier molecular flexibility index (Phi) is 3.87. The molecule has 0 spiro atoms. The summed E-state index contributed by atoms with van der Waals surface area (Å²) < 4.78 is 0. The molecule has 6 heteroatoms. The Labute approximate surface area is 93.4 Å². The van der Waals surface area contributed by atoms with Crippen molar-refractivity contribution in [2.45, 2.75) is 38.8 Å². The lowest BCUT2D eigenvalue weighted by molar-refractivity contribution is -0.143. The molecule has 3 N–H and O–H groups in total. The molecule has 1 heterocycles. The van der Waals surface area contributed by atoms with Gasteiger partial charge in [0.15, 0.2) is 0 Å². The number of carbonyl (C=O) groups excluding carboxylic acids is 2. The molecule has 2 atom stereocenters. The van der Waals surface area contributed by atoms with Crippen LogP contribution in [-0.4, -0.2) is 35.0 Å². The van der Waals surface area contributed by atoms with E-state index in [1.165, 1.54) is 0 Å². The molecule has 0 bridgehead atoms. The van der Waals surface area contributed by atoms with Crippen molar-refractivity contribution >= 4 is 17.8 Å². The van der Waals surface area contributed by atoms with Crippen molar-refractivity contribution in [2.24, 2.45) is 5.92 Å². The maximum absolute atomic E-state index is 11.5. The predicted molar refractivity (Wildman–Crippen MR) is 55.6 cm³/mol. The van der Waals surface area contributed by atoms with Crippen molar-refractivity contribution in [1.82, 2.24) is 10.6 Å². The zero-order valence-corrected chi connectivity index (χ0v) is 9.32. The van der Waals surface area contributed by atoms with E-state index in [1.807, 2.05) is 13.8 Å². The van der Waals surface area contributed by atoms with Crippen molar-refractivity contribution in [1.29, 1.82) is 0 Å². The van der Waals surface area contributed by atoms with Gasteiger partial charge in [-0.1, -0.05) is 13.8 Å². The standard InChI is InChI=1S/C10H16N2O4/c1-5(2)3-6-9(15)12-7(4-8(13)14)10(16)11-6/h5-7H,3-4H2,1-2H3,(H,11,16)(H,12,15)(H,13,14)/t6-,7-/m0/s1. The summed E-state index contributed by atoms with van der Waals surface area (Å²) in [7, 11) is 0. The van der Waals surface area contributed by atoms with Gasteiger partial charge >= 0.3 is 5.97 Å². The molecule has 1 saturated heterocycles. The first kappa shape index (κ1) is 12.5. The lowest BCUT2D eigenvalue weighted by atomic mass is 9.99. The number of rotatable bonds is 4. The van der Waals surface area contributed by atoms with E-state index in [-0.39, 0.29) is 18.2 Å². The number of hydrogen-bond acceptors (Lipinski definition) is 3. The summed E-state index contributed by atoms with van der Waals surface area (Å²) in [6, 6.07) is -1.49. The average molecular weight is 228 g/mol. The van der Waals surface area contributed by atoms with Crippen molar-refractivity contribution in [3.63, 3.8) is 0 Å². The Morgan fingerprint density at radius 2 is 1.75 bits per heavy atom. The van der Waals surface area contributed by atoms with Crippen LogP contribution in [0.2, 0.25) is 0 Å². The second-order valence-corrected chi connectivity index (χ2v) is 4.35. The van der Waals surface area contributed by atoms with E-state index in [0.29, 0.717) is 6.42 Å². The highest BCUT2D eigenvalue weighted by Gasteiger charge is 2.34. The summed E-state index contributed by atoms with van der Waals surface area (Å²) in [6.45, 7) is 3.89. The summed E-state index contributed by atoms with van der Waals surface area (Å²) in [5.41, 5.74) is 0. The van der Waals surface area contributed by atoms with E-state index in [4.69, 9.17) is 5.11 Å². The van der Waals surface area contributed by atoms with Crippen LogP contribution in [0.4, 0.5) is 0 Å². The molecule has 0 aromatic carbocycles. The molecule has 1 aliphatic rings. The molecule has 2 amide bonds. The maximum Gasteiger partial charge on any atom is 0.305 e. The number of carboxylic acid groups (broad SMARTS) is 1. The number of carboxylic acids is 1. The Hall–Kier alpha value is -1.59. The number of piperazine rings is 1. The Morgan fingerprint density at radius 1 is 1.25 bits per heavy atom. The van der Waals surface area contributed by atoms with Crippen LogP contribution in [0.1, 0.15) is 26.7 Å². The Bertz CT molecular complexity index is 314. The molecule has 0 aromatic rings. The van der Waals surface area contributed by atoms with Gasteiger partial charge in [-0.15, -0.1) is 0 Å². The van der Waals surface area contributed by atoms with Crippen LogP contribution < -0.4 is 10.6 Å². The van der Waals surface area contributed by atoms with Crippen LogP contribution in [0.15, 0.2) is 0 Å². The fourth-order valence-corrected chi connectivity index (χ4v) is 1.63. The van der Waals surface area contributed by atoms with Crippen LogP contribution >= 0.6 is 0 Å². The maximum atomic E-state index is 11.5. The van der Waals surface area contributed by atoms with Crippen molar-refractivity contribution in [3.8, 4) is 0 Å². The van der Waals surface area contributed by atoms with E-state index in [1.54, 1.807) is 0 Å². The molecule has 0 aliphatic carbocycles. The van der Waals surface area contributed by atoms with E-state index in [9.17, 15) is 14.4 Å². The molecule has 0 aromatic heterocycles. The van der Waals surface area contributed by atoms with Gasteiger partial charge in [-0.05, 0) is 12.3 Å². The van der Waals surface area contributed by atoms with Gasteiger partial charge < -0.3 is 15.7 Å². The third kappa shape index (κ3) is 3.22. The zero-order chi connectivity index (χ0) is 12.3. The van der Waals surface area contributed by atoms with Crippen molar-refractivity contribution < 1.29 is 19.5 Å². The normalized spacial score (nSPS) is 25.2. The van der Waals surface area contributed by atoms with E-state index in [2.05, 4.69) is 10.6 Å². The lowest BCUT2D eigenvalue weighted by Gasteiger charge is -2.29. The molecule has 0 saturated carbocycles. The van der Waals surface area contributed by atoms with Crippen molar-refractivity contribution in [3.05, 3.63) is 0 Å². The largest absolute Gasteiger partial charge is 0.481 e. The predicted octanol–water partition coefficient (Wildman–Crippen LogP) is -0.510. The number of nitrogens with one attached hydrogen (secondary N) is 2. The summed E-state index contributed by atoms with van der Waals surface area (Å²) in [5.74, 6) is -1.55. The summed E-state index contributed by atoms with van der Waals surface area (Å²) in [6.07, 6.45) is 0.170. The summed E-state index contributed by atoms with van der Waals surface area (Å²) >= 11 is 0. The minimum absolute atomic E-state index is 0.284. The first-order valence-corrected chi connectivity index (χ1v) is 5.22. The topological polar surface area (TPSA) is 95.5 Å². The van der Waals surface area contributed by atoms with E-state index >= 15 is 0 Å². The van der Waals surface area contributed by atoms with Crippen LogP contribution in [0.3, 0.4) is 0 Å². The third-order valence-corrected chi connectivity index (χ3v) is 2.35. The van der Waals surface area contributed by atoms with Gasteiger partial charge in [-0.25, -0.2) is 0 Å². The Balaban J connectivity index is 2.60. The highest BCUT2D eigenvalue weighted by Crippen LogP contribution is 2.09. The molecule has 0 radical (unpaired) electrons. The van der Waals surface area contributed by atoms with Crippen LogP contribution in [0.25, 0.3) is 0 Å². The number of carbonyl (C=O) groups is 3. The Morgan fingerprint density at radius 3 is 2.25 bits per heavy atom. The van der Waals surface area contributed by atoms with Crippen LogP contribution in [0.5, 0.6) is 0 Å². The van der Waals surface area contributed by atoms with Gasteiger partial charge in [0.2, 0.25) is 11.8 Å². The molecule has 1 rings (SSSR count). The highest BCUT2D eigenvalue weighted by atomic mass is 16.4. The van der Waals surface area contributed by atoms with Crippen molar-refractivity contribution in [2.75, 3.05) is 0 Å². The fourth-order valence-electron chi connectivity index (χ4n) is 1.63. The number of amides is 2. The highest BCUT2D eigenvalue weighted by molar-refractivity contribution is 5.98. The van der Waals surface area contributed by atoms with E-state index < -0.39 is 24.0 Å². The van der Waals surface area contributed by atoms with Gasteiger partial charge in [0.25, 0.3) is 0 Å².